The zero-order valence-electron chi connectivity index (χ0n) is 14.3. The van der Waals surface area contributed by atoms with Gasteiger partial charge in [-0.2, -0.15) is 0 Å². The van der Waals surface area contributed by atoms with E-state index in [4.69, 9.17) is 10.7 Å². The van der Waals surface area contributed by atoms with Crippen LogP contribution >= 0.6 is 0 Å². The van der Waals surface area contributed by atoms with Crippen molar-refractivity contribution < 1.29 is 0 Å². The molecule has 0 spiro atoms. The van der Waals surface area contributed by atoms with Crippen molar-refractivity contribution >= 4 is 11.2 Å². The monoisotopic (exact) mass is 308 g/mol. The molecule has 23 heavy (non-hydrogen) atoms. The molecular formula is C19H24N4. The number of imidazole rings is 1. The van der Waals surface area contributed by atoms with Gasteiger partial charge >= 0.3 is 0 Å². The van der Waals surface area contributed by atoms with Gasteiger partial charge in [0.2, 0.25) is 0 Å². The maximum absolute atomic E-state index is 5.68. The van der Waals surface area contributed by atoms with Gasteiger partial charge in [0.15, 0.2) is 5.65 Å². The van der Waals surface area contributed by atoms with E-state index in [9.17, 15) is 0 Å². The van der Waals surface area contributed by atoms with Gasteiger partial charge < -0.3 is 10.3 Å². The lowest BCUT2D eigenvalue weighted by molar-refractivity contribution is 0.515. The molecule has 0 fully saturated rings. The topological polar surface area (TPSA) is 56.7 Å². The van der Waals surface area contributed by atoms with Crippen molar-refractivity contribution in [3.63, 3.8) is 0 Å². The summed E-state index contributed by atoms with van der Waals surface area (Å²) in [6, 6.07) is 10.5. The van der Waals surface area contributed by atoms with Crippen LogP contribution in [-0.2, 0) is 18.5 Å². The molecule has 2 N–H and O–H groups in total. The second-order valence-corrected chi connectivity index (χ2v) is 7.15. The fraction of sp³-hybridized carbons (Fsp3) is 0.368. The zero-order chi connectivity index (χ0) is 16.6. The number of aryl methyl sites for hydroxylation is 1. The van der Waals surface area contributed by atoms with Crippen LogP contribution in [0.15, 0.2) is 36.5 Å². The van der Waals surface area contributed by atoms with E-state index in [-0.39, 0.29) is 5.41 Å². The van der Waals surface area contributed by atoms with Gasteiger partial charge in [-0.3, -0.25) is 0 Å². The summed E-state index contributed by atoms with van der Waals surface area (Å²) in [6.07, 6.45) is 1.91. The Balaban J connectivity index is 2.10. The molecule has 0 aliphatic rings. The van der Waals surface area contributed by atoms with Crippen LogP contribution in [0.4, 0.5) is 0 Å². The van der Waals surface area contributed by atoms with Crippen LogP contribution in [0.25, 0.3) is 11.2 Å². The highest BCUT2D eigenvalue weighted by Gasteiger charge is 2.23. The van der Waals surface area contributed by atoms with Crippen LogP contribution in [0.3, 0.4) is 0 Å². The van der Waals surface area contributed by atoms with Crippen molar-refractivity contribution in [1.82, 2.24) is 14.5 Å². The second-order valence-electron chi connectivity index (χ2n) is 7.15. The highest BCUT2D eigenvalue weighted by Crippen LogP contribution is 2.26. The van der Waals surface area contributed by atoms with Gasteiger partial charge in [-0.25, -0.2) is 9.97 Å². The van der Waals surface area contributed by atoms with Crippen molar-refractivity contribution in [1.29, 1.82) is 0 Å². The molecule has 0 saturated carbocycles. The minimum atomic E-state index is -0.0359. The summed E-state index contributed by atoms with van der Waals surface area (Å²) >= 11 is 0. The molecule has 0 aliphatic heterocycles. The Hall–Kier alpha value is -2.20. The summed E-state index contributed by atoms with van der Waals surface area (Å²) in [6.45, 7) is 9.96. The van der Waals surface area contributed by atoms with Crippen LogP contribution in [-0.4, -0.2) is 14.5 Å². The molecule has 2 heterocycles. The average Bonchev–Trinajstić information content (AvgIpc) is 2.86. The molecule has 3 rings (SSSR count). The Bertz CT molecular complexity index is 823. The van der Waals surface area contributed by atoms with Gasteiger partial charge in [-0.1, -0.05) is 45.0 Å². The molecule has 0 amide bonds. The first kappa shape index (κ1) is 15.7. The molecule has 0 unspecified atom stereocenters. The Kier molecular flexibility index (Phi) is 3.94. The third-order valence-electron chi connectivity index (χ3n) is 3.99. The van der Waals surface area contributed by atoms with Crippen molar-refractivity contribution in [2.45, 2.75) is 46.2 Å². The summed E-state index contributed by atoms with van der Waals surface area (Å²) in [7, 11) is 0. The van der Waals surface area contributed by atoms with E-state index in [1.165, 1.54) is 5.56 Å². The van der Waals surface area contributed by atoms with Gasteiger partial charge in [-0.05, 0) is 29.7 Å². The molecule has 0 radical (unpaired) electrons. The van der Waals surface area contributed by atoms with Crippen molar-refractivity contribution in [3.05, 3.63) is 59.0 Å². The predicted octanol–water partition coefficient (Wildman–Crippen LogP) is 3.54. The van der Waals surface area contributed by atoms with Crippen LogP contribution in [0, 0.1) is 6.92 Å². The van der Waals surface area contributed by atoms with Crippen molar-refractivity contribution in [2.75, 3.05) is 0 Å². The average molecular weight is 308 g/mol. The number of benzene rings is 1. The van der Waals surface area contributed by atoms with E-state index in [2.05, 4.69) is 60.7 Å². The normalized spacial score (nSPS) is 12.0. The maximum atomic E-state index is 5.68. The molecule has 4 nitrogen and oxygen atoms in total. The Morgan fingerprint density at radius 3 is 2.35 bits per heavy atom. The van der Waals surface area contributed by atoms with Gasteiger partial charge in [-0.15, -0.1) is 0 Å². The molecule has 0 saturated heterocycles. The molecule has 0 bridgehead atoms. The van der Waals surface area contributed by atoms with Crippen LogP contribution < -0.4 is 5.73 Å². The Labute approximate surface area is 137 Å². The number of pyridine rings is 1. The minimum Gasteiger partial charge on any atom is -0.326 e. The highest BCUT2D eigenvalue weighted by molar-refractivity contribution is 5.72. The molecule has 1 aromatic carbocycles. The maximum Gasteiger partial charge on any atom is 0.160 e. The first-order valence-electron chi connectivity index (χ1n) is 8.00. The van der Waals surface area contributed by atoms with Gasteiger partial charge in [0, 0.05) is 18.2 Å². The van der Waals surface area contributed by atoms with E-state index in [0.717, 1.165) is 34.7 Å². The molecule has 0 aliphatic carbocycles. The SMILES string of the molecule is Cc1cnc2c(c1)nc(C(C)(C)C)n2Cc1ccc(CN)cc1. The highest BCUT2D eigenvalue weighted by atomic mass is 15.1. The summed E-state index contributed by atoms with van der Waals surface area (Å²) in [4.78, 5) is 9.48. The standard InChI is InChI=1S/C19H24N4/c1-13-9-16-17(21-11-13)23(18(22-16)19(2,3)4)12-15-7-5-14(10-20)6-8-15/h5-9,11H,10,12,20H2,1-4H3. The van der Waals surface area contributed by atoms with E-state index in [1.807, 2.05) is 13.1 Å². The van der Waals surface area contributed by atoms with Crippen LogP contribution in [0.1, 0.15) is 43.3 Å². The summed E-state index contributed by atoms with van der Waals surface area (Å²) in [5.41, 5.74) is 11.1. The van der Waals surface area contributed by atoms with E-state index >= 15 is 0 Å². The molecule has 2 aromatic heterocycles. The predicted molar refractivity (Wildman–Crippen MR) is 94.4 cm³/mol. The number of nitrogens with two attached hydrogens (primary N) is 1. The fourth-order valence-corrected chi connectivity index (χ4v) is 2.80. The number of nitrogens with zero attached hydrogens (tertiary/aromatic N) is 3. The fourth-order valence-electron chi connectivity index (χ4n) is 2.80. The van der Waals surface area contributed by atoms with E-state index in [0.29, 0.717) is 6.54 Å². The van der Waals surface area contributed by atoms with Gasteiger partial charge in [0.25, 0.3) is 0 Å². The molecular weight excluding hydrogens is 284 g/mol. The smallest absolute Gasteiger partial charge is 0.160 e. The third kappa shape index (κ3) is 3.13. The van der Waals surface area contributed by atoms with Crippen molar-refractivity contribution in [2.24, 2.45) is 5.73 Å². The number of fused-ring (bicyclic) bond motifs is 1. The Morgan fingerprint density at radius 2 is 1.74 bits per heavy atom. The second kappa shape index (κ2) is 5.78. The zero-order valence-corrected chi connectivity index (χ0v) is 14.3. The summed E-state index contributed by atoms with van der Waals surface area (Å²) in [5, 5.41) is 0. The molecule has 4 heteroatoms. The van der Waals surface area contributed by atoms with E-state index in [1.54, 1.807) is 0 Å². The van der Waals surface area contributed by atoms with Crippen molar-refractivity contribution in [3.8, 4) is 0 Å². The first-order valence-corrected chi connectivity index (χ1v) is 8.00. The number of aromatic nitrogens is 3. The molecule has 0 atom stereocenters. The minimum absolute atomic E-state index is 0.0359. The number of rotatable bonds is 3. The van der Waals surface area contributed by atoms with E-state index < -0.39 is 0 Å². The molecule has 3 aromatic rings. The quantitative estimate of drug-likeness (QED) is 0.805. The number of hydrogen-bond acceptors (Lipinski definition) is 3. The third-order valence-corrected chi connectivity index (χ3v) is 3.99. The first-order chi connectivity index (χ1) is 10.9. The summed E-state index contributed by atoms with van der Waals surface area (Å²) < 4.78 is 2.23. The lowest BCUT2D eigenvalue weighted by atomic mass is 9.95. The van der Waals surface area contributed by atoms with Gasteiger partial charge in [0.05, 0.1) is 6.54 Å². The van der Waals surface area contributed by atoms with Gasteiger partial charge in [0.1, 0.15) is 11.3 Å². The largest absolute Gasteiger partial charge is 0.326 e. The lowest BCUT2D eigenvalue weighted by Crippen LogP contribution is -2.19. The Morgan fingerprint density at radius 1 is 1.09 bits per heavy atom. The van der Waals surface area contributed by atoms with Crippen LogP contribution in [0.5, 0.6) is 0 Å². The number of hydrogen-bond donors (Lipinski definition) is 1. The lowest BCUT2D eigenvalue weighted by Gasteiger charge is -2.20. The summed E-state index contributed by atoms with van der Waals surface area (Å²) in [5.74, 6) is 1.06. The molecule has 120 valence electrons. The van der Waals surface area contributed by atoms with Crippen LogP contribution in [0.2, 0.25) is 0 Å².